The fourth-order valence-electron chi connectivity index (χ4n) is 3.31. The van der Waals surface area contributed by atoms with Gasteiger partial charge in [-0.1, -0.05) is 31.2 Å². The lowest BCUT2D eigenvalue weighted by Crippen LogP contribution is -2.35. The van der Waals surface area contributed by atoms with Gasteiger partial charge in [-0.2, -0.15) is 0 Å². The number of nitrogens with zero attached hydrogens (tertiary/aromatic N) is 2. The number of ether oxygens (including phenoxy) is 1. The smallest absolute Gasteiger partial charge is 0.253 e. The van der Waals surface area contributed by atoms with E-state index in [4.69, 9.17) is 4.74 Å². The van der Waals surface area contributed by atoms with Crippen LogP contribution in [-0.2, 0) is 0 Å². The van der Waals surface area contributed by atoms with E-state index in [2.05, 4.69) is 11.8 Å². The molecule has 0 atom stereocenters. The lowest BCUT2D eigenvalue weighted by atomic mass is 10.0. The Morgan fingerprint density at radius 2 is 1.76 bits per heavy atom. The molecule has 0 bridgehead atoms. The van der Waals surface area contributed by atoms with Crippen molar-refractivity contribution < 1.29 is 9.53 Å². The molecule has 1 aliphatic rings. The lowest BCUT2D eigenvalue weighted by molar-refractivity contribution is 0.0762. The second-order valence-corrected chi connectivity index (χ2v) is 6.39. The van der Waals surface area contributed by atoms with Crippen LogP contribution in [0.3, 0.4) is 0 Å². The highest BCUT2D eigenvalue weighted by Crippen LogP contribution is 2.25. The summed E-state index contributed by atoms with van der Waals surface area (Å²) in [5.41, 5.74) is 2.85. The Morgan fingerprint density at radius 3 is 2.52 bits per heavy atom. The van der Waals surface area contributed by atoms with E-state index in [1.54, 1.807) is 7.11 Å². The molecule has 0 radical (unpaired) electrons. The van der Waals surface area contributed by atoms with Gasteiger partial charge in [0.15, 0.2) is 0 Å². The van der Waals surface area contributed by atoms with Gasteiger partial charge in [0.2, 0.25) is 0 Å². The average molecular weight is 338 g/mol. The van der Waals surface area contributed by atoms with Crippen LogP contribution in [0.4, 0.5) is 0 Å². The van der Waals surface area contributed by atoms with Crippen LogP contribution in [-0.4, -0.2) is 55.5 Å². The molecule has 25 heavy (non-hydrogen) atoms. The standard InChI is InChI=1S/C21H26N2O2/c1-3-22-11-6-12-23(14-13-22)21(24)19-9-4-7-17(15-19)18-8-5-10-20(16-18)25-2/h4-5,7-10,15-16H,3,6,11-14H2,1-2H3. The number of carbonyl (C=O) groups excluding carboxylic acids is 1. The molecule has 2 aromatic rings. The second kappa shape index (κ2) is 8.17. The third-order valence-corrected chi connectivity index (χ3v) is 4.84. The molecule has 0 spiro atoms. The van der Waals surface area contributed by atoms with E-state index in [-0.39, 0.29) is 5.91 Å². The summed E-state index contributed by atoms with van der Waals surface area (Å²) in [7, 11) is 1.66. The predicted molar refractivity (Wildman–Crippen MR) is 101 cm³/mol. The molecule has 4 heteroatoms. The van der Waals surface area contributed by atoms with Crippen LogP contribution >= 0.6 is 0 Å². The summed E-state index contributed by atoms with van der Waals surface area (Å²) in [6.45, 7) is 6.89. The molecule has 132 valence electrons. The van der Waals surface area contributed by atoms with Crippen LogP contribution in [0.15, 0.2) is 48.5 Å². The fraction of sp³-hybridized carbons (Fsp3) is 0.381. The highest BCUT2D eigenvalue weighted by molar-refractivity contribution is 5.95. The normalized spacial score (nSPS) is 15.7. The topological polar surface area (TPSA) is 32.8 Å². The van der Waals surface area contributed by atoms with Gasteiger partial charge in [0.05, 0.1) is 7.11 Å². The Hall–Kier alpha value is -2.33. The molecule has 1 aliphatic heterocycles. The summed E-state index contributed by atoms with van der Waals surface area (Å²) in [4.78, 5) is 17.3. The number of hydrogen-bond donors (Lipinski definition) is 0. The summed E-state index contributed by atoms with van der Waals surface area (Å²) in [6, 6.07) is 15.8. The van der Waals surface area contributed by atoms with Crippen LogP contribution < -0.4 is 4.74 Å². The Bertz CT molecular complexity index is 729. The third-order valence-electron chi connectivity index (χ3n) is 4.84. The zero-order chi connectivity index (χ0) is 17.6. The van der Waals surface area contributed by atoms with Crippen molar-refractivity contribution in [2.75, 3.05) is 39.8 Å². The molecule has 1 amide bonds. The molecular formula is C21H26N2O2. The molecule has 0 N–H and O–H groups in total. The highest BCUT2D eigenvalue weighted by Gasteiger charge is 2.20. The van der Waals surface area contributed by atoms with Gasteiger partial charge in [-0.05, 0) is 54.9 Å². The van der Waals surface area contributed by atoms with E-state index in [1.165, 1.54) is 0 Å². The Kier molecular flexibility index (Phi) is 5.71. The molecule has 1 fully saturated rings. The summed E-state index contributed by atoms with van der Waals surface area (Å²) in [6.07, 6.45) is 1.04. The van der Waals surface area contributed by atoms with Gasteiger partial charge in [-0.15, -0.1) is 0 Å². The first-order valence-electron chi connectivity index (χ1n) is 8.97. The third kappa shape index (κ3) is 4.20. The van der Waals surface area contributed by atoms with Crippen LogP contribution in [0.25, 0.3) is 11.1 Å². The minimum atomic E-state index is 0.127. The summed E-state index contributed by atoms with van der Waals surface area (Å²) in [5, 5.41) is 0. The van der Waals surface area contributed by atoms with Crippen molar-refractivity contribution in [3.05, 3.63) is 54.1 Å². The molecule has 4 nitrogen and oxygen atoms in total. The van der Waals surface area contributed by atoms with Gasteiger partial charge in [0.25, 0.3) is 5.91 Å². The maximum atomic E-state index is 12.9. The van der Waals surface area contributed by atoms with E-state index in [9.17, 15) is 4.79 Å². The van der Waals surface area contributed by atoms with Crippen molar-refractivity contribution in [1.29, 1.82) is 0 Å². The first kappa shape index (κ1) is 17.5. The number of rotatable bonds is 4. The van der Waals surface area contributed by atoms with Crippen molar-refractivity contribution in [3.63, 3.8) is 0 Å². The monoisotopic (exact) mass is 338 g/mol. The molecular weight excluding hydrogens is 312 g/mol. The Morgan fingerprint density at radius 1 is 1.00 bits per heavy atom. The van der Waals surface area contributed by atoms with Gasteiger partial charge in [0.1, 0.15) is 5.75 Å². The summed E-state index contributed by atoms with van der Waals surface area (Å²) >= 11 is 0. The quantitative estimate of drug-likeness (QED) is 0.855. The van der Waals surface area contributed by atoms with E-state index >= 15 is 0 Å². The number of methoxy groups -OCH3 is 1. The second-order valence-electron chi connectivity index (χ2n) is 6.39. The zero-order valence-corrected chi connectivity index (χ0v) is 15.1. The highest BCUT2D eigenvalue weighted by atomic mass is 16.5. The average Bonchev–Trinajstić information content (AvgIpc) is 2.93. The lowest BCUT2D eigenvalue weighted by Gasteiger charge is -2.21. The first-order chi connectivity index (χ1) is 12.2. The molecule has 0 unspecified atom stereocenters. The van der Waals surface area contributed by atoms with E-state index < -0.39 is 0 Å². The maximum absolute atomic E-state index is 12.9. The van der Waals surface area contributed by atoms with Crippen LogP contribution in [0.1, 0.15) is 23.7 Å². The minimum absolute atomic E-state index is 0.127. The molecule has 1 saturated heterocycles. The van der Waals surface area contributed by atoms with Crippen LogP contribution in [0.2, 0.25) is 0 Å². The zero-order valence-electron chi connectivity index (χ0n) is 15.1. The van der Waals surface area contributed by atoms with Crippen LogP contribution in [0.5, 0.6) is 5.75 Å². The van der Waals surface area contributed by atoms with E-state index in [0.717, 1.165) is 61.6 Å². The number of hydrogen-bond acceptors (Lipinski definition) is 3. The van der Waals surface area contributed by atoms with Gasteiger partial charge < -0.3 is 14.5 Å². The van der Waals surface area contributed by atoms with Gasteiger partial charge in [-0.3, -0.25) is 4.79 Å². The first-order valence-corrected chi connectivity index (χ1v) is 8.97. The number of benzene rings is 2. The van der Waals surface area contributed by atoms with Crippen LogP contribution in [0, 0.1) is 0 Å². The van der Waals surface area contributed by atoms with E-state index in [0.29, 0.717) is 0 Å². The minimum Gasteiger partial charge on any atom is -0.497 e. The van der Waals surface area contributed by atoms with Crippen molar-refractivity contribution in [2.24, 2.45) is 0 Å². The van der Waals surface area contributed by atoms with Crippen molar-refractivity contribution in [3.8, 4) is 16.9 Å². The fourth-order valence-corrected chi connectivity index (χ4v) is 3.31. The summed E-state index contributed by atoms with van der Waals surface area (Å²) < 4.78 is 5.30. The largest absolute Gasteiger partial charge is 0.497 e. The molecule has 0 aromatic heterocycles. The maximum Gasteiger partial charge on any atom is 0.253 e. The number of amides is 1. The predicted octanol–water partition coefficient (Wildman–Crippen LogP) is 3.53. The molecule has 2 aromatic carbocycles. The van der Waals surface area contributed by atoms with Gasteiger partial charge in [-0.25, -0.2) is 0 Å². The Labute approximate surface area is 150 Å². The van der Waals surface area contributed by atoms with Crippen molar-refractivity contribution >= 4 is 5.91 Å². The molecule has 1 heterocycles. The molecule has 3 rings (SSSR count). The molecule has 0 aliphatic carbocycles. The van der Waals surface area contributed by atoms with Gasteiger partial charge in [0, 0.05) is 25.2 Å². The van der Waals surface area contributed by atoms with Crippen molar-refractivity contribution in [2.45, 2.75) is 13.3 Å². The molecule has 0 saturated carbocycles. The number of carbonyl (C=O) groups is 1. The number of likely N-dealkylation sites (N-methyl/N-ethyl adjacent to an activating group) is 1. The summed E-state index contributed by atoms with van der Waals surface area (Å²) in [5.74, 6) is 0.948. The van der Waals surface area contributed by atoms with Crippen molar-refractivity contribution in [1.82, 2.24) is 9.80 Å². The van der Waals surface area contributed by atoms with Gasteiger partial charge >= 0.3 is 0 Å². The SMILES string of the molecule is CCN1CCCN(C(=O)c2cccc(-c3cccc(OC)c3)c2)CC1. The van der Waals surface area contributed by atoms with E-state index in [1.807, 2.05) is 53.4 Å². The Balaban J connectivity index is 1.79.